The lowest BCUT2D eigenvalue weighted by Crippen LogP contribution is -1.95. The van der Waals surface area contributed by atoms with E-state index in [-0.39, 0.29) is 0 Å². The fraction of sp³-hybridized carbons (Fsp3) is 0.250. The summed E-state index contributed by atoms with van der Waals surface area (Å²) in [6, 6.07) is 7.96. The van der Waals surface area contributed by atoms with Crippen LogP contribution < -0.4 is 5.73 Å². The maximum Gasteiger partial charge on any atom is 0.208 e. The smallest absolute Gasteiger partial charge is 0.208 e. The monoisotopic (exact) mass is 280 g/mol. The second-order valence-electron chi connectivity index (χ2n) is 3.42. The number of nitrogens with two attached hydrogens (primary N) is 1. The van der Waals surface area contributed by atoms with Crippen molar-refractivity contribution in [3.05, 3.63) is 40.4 Å². The summed E-state index contributed by atoms with van der Waals surface area (Å²) in [5, 5.41) is 0. The summed E-state index contributed by atoms with van der Waals surface area (Å²) in [6.07, 6.45) is 0.809. The maximum atomic E-state index is 5.57. The fourth-order valence-corrected chi connectivity index (χ4v) is 2.06. The van der Waals surface area contributed by atoms with Crippen molar-refractivity contribution >= 4 is 15.9 Å². The van der Waals surface area contributed by atoms with Crippen LogP contribution in [0, 0.1) is 0 Å². The lowest BCUT2D eigenvalue weighted by atomic mass is 10.1. The molecular formula is C12H13BrN2O. The minimum Gasteiger partial charge on any atom is -0.444 e. The zero-order valence-corrected chi connectivity index (χ0v) is 10.6. The standard InChI is InChI=1S/C12H13BrN2O/c1-2-10-12(15-11(7-14)16-10)8-5-3-4-6-9(8)13/h3-6H,2,7,14H2,1H3. The lowest BCUT2D eigenvalue weighted by molar-refractivity contribution is 0.461. The Morgan fingerprint density at radius 2 is 2.12 bits per heavy atom. The minimum atomic E-state index is 0.331. The molecule has 1 heterocycles. The van der Waals surface area contributed by atoms with Gasteiger partial charge in [-0.15, -0.1) is 0 Å². The van der Waals surface area contributed by atoms with Crippen molar-refractivity contribution < 1.29 is 4.42 Å². The summed E-state index contributed by atoms with van der Waals surface area (Å²) in [6.45, 7) is 2.37. The van der Waals surface area contributed by atoms with Gasteiger partial charge in [-0.05, 0) is 6.07 Å². The van der Waals surface area contributed by atoms with Crippen LogP contribution in [0.5, 0.6) is 0 Å². The third-order valence-electron chi connectivity index (χ3n) is 2.37. The molecule has 16 heavy (non-hydrogen) atoms. The van der Waals surface area contributed by atoms with Gasteiger partial charge in [0.15, 0.2) is 0 Å². The van der Waals surface area contributed by atoms with Gasteiger partial charge in [0.25, 0.3) is 0 Å². The summed E-state index contributed by atoms with van der Waals surface area (Å²) in [5.41, 5.74) is 7.46. The van der Waals surface area contributed by atoms with E-state index >= 15 is 0 Å². The van der Waals surface area contributed by atoms with Crippen LogP contribution in [0.3, 0.4) is 0 Å². The van der Waals surface area contributed by atoms with Crippen LogP contribution in [-0.4, -0.2) is 4.98 Å². The molecule has 0 bridgehead atoms. The van der Waals surface area contributed by atoms with E-state index in [0.717, 1.165) is 27.9 Å². The average Bonchev–Trinajstić information content (AvgIpc) is 2.72. The molecule has 0 aliphatic heterocycles. The van der Waals surface area contributed by atoms with Gasteiger partial charge in [-0.3, -0.25) is 0 Å². The number of hydrogen-bond donors (Lipinski definition) is 1. The average molecular weight is 281 g/mol. The molecule has 0 spiro atoms. The Hall–Kier alpha value is -1.13. The van der Waals surface area contributed by atoms with Crippen molar-refractivity contribution in [3.63, 3.8) is 0 Å². The summed E-state index contributed by atoms with van der Waals surface area (Å²) in [4.78, 5) is 4.41. The van der Waals surface area contributed by atoms with Crippen LogP contribution in [0.2, 0.25) is 0 Å². The van der Waals surface area contributed by atoms with E-state index in [4.69, 9.17) is 10.2 Å². The zero-order chi connectivity index (χ0) is 11.5. The Bertz CT molecular complexity index is 494. The second kappa shape index (κ2) is 4.80. The number of aromatic nitrogens is 1. The fourth-order valence-electron chi connectivity index (χ4n) is 1.59. The van der Waals surface area contributed by atoms with Gasteiger partial charge < -0.3 is 10.2 Å². The van der Waals surface area contributed by atoms with Crippen molar-refractivity contribution in [3.8, 4) is 11.3 Å². The topological polar surface area (TPSA) is 52.0 Å². The number of nitrogens with zero attached hydrogens (tertiary/aromatic N) is 1. The van der Waals surface area contributed by atoms with Crippen molar-refractivity contribution in [2.45, 2.75) is 19.9 Å². The molecular weight excluding hydrogens is 268 g/mol. The van der Waals surface area contributed by atoms with Crippen LogP contribution in [-0.2, 0) is 13.0 Å². The highest BCUT2D eigenvalue weighted by molar-refractivity contribution is 9.10. The molecule has 4 heteroatoms. The molecule has 0 unspecified atom stereocenters. The number of benzene rings is 1. The first-order valence-electron chi connectivity index (χ1n) is 5.19. The van der Waals surface area contributed by atoms with Crippen LogP contribution in [0.1, 0.15) is 18.6 Å². The minimum absolute atomic E-state index is 0.331. The van der Waals surface area contributed by atoms with Gasteiger partial charge in [0.1, 0.15) is 11.5 Å². The van der Waals surface area contributed by atoms with Crippen molar-refractivity contribution in [1.82, 2.24) is 4.98 Å². The third kappa shape index (κ3) is 2.03. The quantitative estimate of drug-likeness (QED) is 0.940. The van der Waals surface area contributed by atoms with E-state index in [9.17, 15) is 0 Å². The SMILES string of the molecule is CCc1oc(CN)nc1-c1ccccc1Br. The number of hydrogen-bond acceptors (Lipinski definition) is 3. The van der Waals surface area contributed by atoms with Gasteiger partial charge in [-0.1, -0.05) is 41.1 Å². The van der Waals surface area contributed by atoms with Gasteiger partial charge in [0, 0.05) is 16.5 Å². The predicted octanol–water partition coefficient (Wildman–Crippen LogP) is 3.13. The molecule has 84 valence electrons. The van der Waals surface area contributed by atoms with E-state index in [1.807, 2.05) is 31.2 Å². The third-order valence-corrected chi connectivity index (χ3v) is 3.06. The Labute approximate surface area is 103 Å². The first kappa shape index (κ1) is 11.4. The summed E-state index contributed by atoms with van der Waals surface area (Å²) in [5.74, 6) is 1.47. The highest BCUT2D eigenvalue weighted by Gasteiger charge is 2.14. The largest absolute Gasteiger partial charge is 0.444 e. The number of aryl methyl sites for hydroxylation is 1. The van der Waals surface area contributed by atoms with Crippen LogP contribution in [0.25, 0.3) is 11.3 Å². The number of rotatable bonds is 3. The van der Waals surface area contributed by atoms with Crippen LogP contribution >= 0.6 is 15.9 Å². The normalized spacial score (nSPS) is 10.7. The number of oxazole rings is 1. The van der Waals surface area contributed by atoms with E-state index in [1.54, 1.807) is 0 Å². The second-order valence-corrected chi connectivity index (χ2v) is 4.27. The highest BCUT2D eigenvalue weighted by Crippen LogP contribution is 2.30. The molecule has 0 fully saturated rings. The van der Waals surface area contributed by atoms with E-state index in [2.05, 4.69) is 20.9 Å². The molecule has 0 aliphatic carbocycles. The van der Waals surface area contributed by atoms with Gasteiger partial charge in [0.2, 0.25) is 5.89 Å². The molecule has 2 N–H and O–H groups in total. The summed E-state index contributed by atoms with van der Waals surface area (Å²) < 4.78 is 6.58. The molecule has 0 amide bonds. The molecule has 2 aromatic rings. The zero-order valence-electron chi connectivity index (χ0n) is 9.03. The first-order chi connectivity index (χ1) is 7.76. The van der Waals surface area contributed by atoms with Crippen molar-refractivity contribution in [2.24, 2.45) is 5.73 Å². The van der Waals surface area contributed by atoms with Crippen LogP contribution in [0.15, 0.2) is 33.2 Å². The molecule has 1 aromatic carbocycles. The molecule has 3 nitrogen and oxygen atoms in total. The Morgan fingerprint density at radius 3 is 2.75 bits per heavy atom. The molecule has 0 aliphatic rings. The van der Waals surface area contributed by atoms with Crippen LogP contribution in [0.4, 0.5) is 0 Å². The van der Waals surface area contributed by atoms with Crippen molar-refractivity contribution in [2.75, 3.05) is 0 Å². The van der Waals surface area contributed by atoms with Gasteiger partial charge in [0.05, 0.1) is 6.54 Å². The predicted molar refractivity (Wildman–Crippen MR) is 66.9 cm³/mol. The molecule has 1 aromatic heterocycles. The van der Waals surface area contributed by atoms with E-state index in [1.165, 1.54) is 0 Å². The molecule has 0 radical (unpaired) electrons. The molecule has 0 atom stereocenters. The van der Waals surface area contributed by atoms with E-state index < -0.39 is 0 Å². The van der Waals surface area contributed by atoms with Crippen molar-refractivity contribution in [1.29, 1.82) is 0 Å². The Morgan fingerprint density at radius 1 is 1.38 bits per heavy atom. The first-order valence-corrected chi connectivity index (χ1v) is 5.99. The molecule has 2 rings (SSSR count). The Kier molecular flexibility index (Phi) is 3.41. The molecule has 0 saturated carbocycles. The van der Waals surface area contributed by atoms with Gasteiger partial charge in [-0.2, -0.15) is 0 Å². The summed E-state index contributed by atoms with van der Waals surface area (Å²) >= 11 is 3.51. The van der Waals surface area contributed by atoms with Gasteiger partial charge in [-0.25, -0.2) is 4.98 Å². The Balaban J connectivity index is 2.54. The van der Waals surface area contributed by atoms with Gasteiger partial charge >= 0.3 is 0 Å². The number of halogens is 1. The summed E-state index contributed by atoms with van der Waals surface area (Å²) in [7, 11) is 0. The lowest BCUT2D eigenvalue weighted by Gasteiger charge is -2.01. The highest BCUT2D eigenvalue weighted by atomic mass is 79.9. The van der Waals surface area contributed by atoms with E-state index in [0.29, 0.717) is 12.4 Å². The molecule has 0 saturated heterocycles. The maximum absolute atomic E-state index is 5.57.